The molecule has 1 atom stereocenters. The Labute approximate surface area is 99.2 Å². The lowest BCUT2D eigenvalue weighted by Gasteiger charge is -2.21. The number of para-hydroxylation sites is 2. The van der Waals surface area contributed by atoms with Crippen LogP contribution in [0.2, 0.25) is 0 Å². The van der Waals surface area contributed by atoms with Gasteiger partial charge in [-0.1, -0.05) is 12.1 Å². The maximum Gasteiger partial charge on any atom is 0.243 e. The van der Waals surface area contributed by atoms with E-state index in [-0.39, 0.29) is 12.5 Å². The summed E-state index contributed by atoms with van der Waals surface area (Å²) < 4.78 is 5.46. The van der Waals surface area contributed by atoms with Gasteiger partial charge in [0.25, 0.3) is 0 Å². The van der Waals surface area contributed by atoms with Crippen LogP contribution in [0.15, 0.2) is 24.3 Å². The van der Waals surface area contributed by atoms with E-state index in [2.05, 4.69) is 0 Å². The Bertz CT molecular complexity index is 459. The predicted octanol–water partition coefficient (Wildman–Crippen LogP) is 0.533. The SMILES string of the molecule is CCN1C(=O)C(C(N)=O)COc2ccccc21. The van der Waals surface area contributed by atoms with Crippen molar-refractivity contribution in [3.63, 3.8) is 0 Å². The van der Waals surface area contributed by atoms with Crippen LogP contribution in [0.25, 0.3) is 0 Å². The number of nitrogens with two attached hydrogens (primary N) is 1. The number of hydrogen-bond donors (Lipinski definition) is 1. The number of hydrogen-bond acceptors (Lipinski definition) is 3. The molecule has 0 saturated heterocycles. The molecule has 2 N–H and O–H groups in total. The van der Waals surface area contributed by atoms with Gasteiger partial charge in [0, 0.05) is 6.54 Å². The molecule has 1 unspecified atom stereocenters. The van der Waals surface area contributed by atoms with Gasteiger partial charge in [-0.15, -0.1) is 0 Å². The first-order valence-electron chi connectivity index (χ1n) is 5.47. The van der Waals surface area contributed by atoms with Crippen LogP contribution in [0.5, 0.6) is 5.75 Å². The van der Waals surface area contributed by atoms with Crippen LogP contribution in [0.4, 0.5) is 5.69 Å². The van der Waals surface area contributed by atoms with Gasteiger partial charge < -0.3 is 15.4 Å². The number of ether oxygens (including phenoxy) is 1. The Morgan fingerprint density at radius 2 is 2.24 bits per heavy atom. The van der Waals surface area contributed by atoms with Crippen molar-refractivity contribution in [2.75, 3.05) is 18.1 Å². The van der Waals surface area contributed by atoms with Gasteiger partial charge in [0.1, 0.15) is 12.4 Å². The first-order chi connectivity index (χ1) is 8.15. The average Bonchev–Trinajstić information content (AvgIpc) is 2.45. The zero-order chi connectivity index (χ0) is 12.4. The highest BCUT2D eigenvalue weighted by Gasteiger charge is 2.33. The molecule has 1 heterocycles. The summed E-state index contributed by atoms with van der Waals surface area (Å²) in [5.41, 5.74) is 5.90. The number of amides is 2. The van der Waals surface area contributed by atoms with Crippen molar-refractivity contribution in [1.29, 1.82) is 0 Å². The Balaban J connectivity index is 2.44. The maximum atomic E-state index is 12.1. The van der Waals surface area contributed by atoms with E-state index in [1.54, 1.807) is 12.1 Å². The van der Waals surface area contributed by atoms with Gasteiger partial charge in [0.2, 0.25) is 11.8 Å². The van der Waals surface area contributed by atoms with Gasteiger partial charge in [0.15, 0.2) is 5.92 Å². The summed E-state index contributed by atoms with van der Waals surface area (Å²) in [5.74, 6) is -1.26. The minimum Gasteiger partial charge on any atom is -0.490 e. The van der Waals surface area contributed by atoms with E-state index < -0.39 is 11.8 Å². The number of nitrogens with zero attached hydrogens (tertiary/aromatic N) is 1. The minimum atomic E-state index is -0.914. The Kier molecular flexibility index (Phi) is 2.99. The number of fused-ring (bicyclic) bond motifs is 1. The van der Waals surface area contributed by atoms with Gasteiger partial charge in [-0.05, 0) is 19.1 Å². The number of rotatable bonds is 2. The minimum absolute atomic E-state index is 0.00167. The molecule has 5 nitrogen and oxygen atoms in total. The topological polar surface area (TPSA) is 72.6 Å². The normalized spacial score (nSPS) is 19.2. The highest BCUT2D eigenvalue weighted by atomic mass is 16.5. The van der Waals surface area contributed by atoms with E-state index in [0.29, 0.717) is 18.0 Å². The lowest BCUT2D eigenvalue weighted by molar-refractivity contribution is -0.132. The zero-order valence-corrected chi connectivity index (χ0v) is 9.55. The largest absolute Gasteiger partial charge is 0.490 e. The summed E-state index contributed by atoms with van der Waals surface area (Å²) in [6.07, 6.45) is 0. The number of carbonyl (C=O) groups excluding carboxylic acids is 2. The second-order valence-corrected chi connectivity index (χ2v) is 3.82. The Hall–Kier alpha value is -2.04. The molecule has 0 radical (unpaired) electrons. The van der Waals surface area contributed by atoms with Crippen LogP contribution in [0, 0.1) is 5.92 Å². The molecule has 0 fully saturated rings. The van der Waals surface area contributed by atoms with Crippen molar-refractivity contribution in [3.8, 4) is 5.75 Å². The average molecular weight is 234 g/mol. The smallest absolute Gasteiger partial charge is 0.243 e. The molecule has 5 heteroatoms. The third-order valence-electron chi connectivity index (χ3n) is 2.79. The molecule has 17 heavy (non-hydrogen) atoms. The van der Waals surface area contributed by atoms with Gasteiger partial charge >= 0.3 is 0 Å². The molecular formula is C12H14N2O3. The van der Waals surface area contributed by atoms with Crippen LogP contribution in [0.3, 0.4) is 0 Å². The zero-order valence-electron chi connectivity index (χ0n) is 9.55. The molecule has 90 valence electrons. The van der Waals surface area contributed by atoms with Crippen LogP contribution in [0.1, 0.15) is 6.92 Å². The fourth-order valence-corrected chi connectivity index (χ4v) is 1.88. The van der Waals surface area contributed by atoms with Crippen molar-refractivity contribution >= 4 is 17.5 Å². The van der Waals surface area contributed by atoms with Crippen molar-refractivity contribution in [1.82, 2.24) is 0 Å². The van der Waals surface area contributed by atoms with Crippen molar-refractivity contribution in [3.05, 3.63) is 24.3 Å². The van der Waals surface area contributed by atoms with Crippen LogP contribution < -0.4 is 15.4 Å². The van der Waals surface area contributed by atoms with Gasteiger partial charge in [0.05, 0.1) is 5.69 Å². The second-order valence-electron chi connectivity index (χ2n) is 3.82. The monoisotopic (exact) mass is 234 g/mol. The summed E-state index contributed by atoms with van der Waals surface area (Å²) in [7, 11) is 0. The maximum absolute atomic E-state index is 12.1. The number of carbonyl (C=O) groups is 2. The van der Waals surface area contributed by atoms with Crippen LogP contribution in [-0.4, -0.2) is 25.0 Å². The molecule has 2 rings (SSSR count). The van der Waals surface area contributed by atoms with Gasteiger partial charge in [-0.25, -0.2) is 0 Å². The first kappa shape index (κ1) is 11.4. The van der Waals surface area contributed by atoms with Crippen molar-refractivity contribution < 1.29 is 14.3 Å². The summed E-state index contributed by atoms with van der Waals surface area (Å²) in [4.78, 5) is 24.9. The van der Waals surface area contributed by atoms with Crippen LogP contribution in [-0.2, 0) is 9.59 Å². The third kappa shape index (κ3) is 1.95. The molecular weight excluding hydrogens is 220 g/mol. The van der Waals surface area contributed by atoms with Crippen molar-refractivity contribution in [2.24, 2.45) is 11.7 Å². The van der Waals surface area contributed by atoms with E-state index in [1.165, 1.54) is 4.90 Å². The lowest BCUT2D eigenvalue weighted by Crippen LogP contribution is -2.43. The summed E-state index contributed by atoms with van der Waals surface area (Å²) in [6, 6.07) is 7.21. The Morgan fingerprint density at radius 1 is 1.53 bits per heavy atom. The Morgan fingerprint density at radius 3 is 2.88 bits per heavy atom. The highest BCUT2D eigenvalue weighted by Crippen LogP contribution is 2.31. The molecule has 0 spiro atoms. The van der Waals surface area contributed by atoms with Gasteiger partial charge in [-0.2, -0.15) is 0 Å². The molecule has 2 amide bonds. The third-order valence-corrected chi connectivity index (χ3v) is 2.79. The first-order valence-corrected chi connectivity index (χ1v) is 5.47. The molecule has 0 bridgehead atoms. The second kappa shape index (κ2) is 4.45. The fourth-order valence-electron chi connectivity index (χ4n) is 1.88. The molecule has 1 aliphatic rings. The molecule has 0 aliphatic carbocycles. The molecule has 0 saturated carbocycles. The summed E-state index contributed by atoms with van der Waals surface area (Å²) >= 11 is 0. The van der Waals surface area contributed by atoms with E-state index in [0.717, 1.165) is 0 Å². The summed E-state index contributed by atoms with van der Waals surface area (Å²) in [6.45, 7) is 2.32. The molecule has 1 aromatic rings. The number of benzene rings is 1. The summed E-state index contributed by atoms with van der Waals surface area (Å²) in [5, 5.41) is 0. The number of anilines is 1. The lowest BCUT2D eigenvalue weighted by atomic mass is 10.1. The molecule has 0 aromatic heterocycles. The van der Waals surface area contributed by atoms with Crippen molar-refractivity contribution in [2.45, 2.75) is 6.92 Å². The quantitative estimate of drug-likeness (QED) is 0.759. The van der Waals surface area contributed by atoms with E-state index in [1.807, 2.05) is 19.1 Å². The standard InChI is InChI=1S/C12H14N2O3/c1-2-14-9-5-3-4-6-10(9)17-7-8(11(13)15)12(14)16/h3-6,8H,2,7H2,1H3,(H2,13,15). The van der Waals surface area contributed by atoms with E-state index in [4.69, 9.17) is 10.5 Å². The molecule has 1 aromatic carbocycles. The van der Waals surface area contributed by atoms with E-state index in [9.17, 15) is 9.59 Å². The number of primary amides is 1. The highest BCUT2D eigenvalue weighted by molar-refractivity contribution is 6.08. The fraction of sp³-hybridized carbons (Fsp3) is 0.333. The predicted molar refractivity (Wildman–Crippen MR) is 62.6 cm³/mol. The van der Waals surface area contributed by atoms with E-state index >= 15 is 0 Å². The van der Waals surface area contributed by atoms with Crippen LogP contribution >= 0.6 is 0 Å². The molecule has 1 aliphatic heterocycles. The van der Waals surface area contributed by atoms with Gasteiger partial charge in [-0.3, -0.25) is 9.59 Å².